The van der Waals surface area contributed by atoms with Crippen molar-refractivity contribution in [3.8, 4) is 0 Å². The highest BCUT2D eigenvalue weighted by atomic mass is 35.5. The Morgan fingerprint density at radius 3 is 2.46 bits per heavy atom. The topological polar surface area (TPSA) is 75.2 Å². The lowest BCUT2D eigenvalue weighted by Crippen LogP contribution is -2.25. The normalized spacial score (nSPS) is 12.1. The molecule has 0 fully saturated rings. The number of alkyl halides is 3. The van der Waals surface area contributed by atoms with E-state index in [4.69, 9.17) is 11.6 Å². The molecular weight excluding hydrogens is 369 g/mol. The van der Waals surface area contributed by atoms with Crippen molar-refractivity contribution < 1.29 is 21.6 Å². The minimum atomic E-state index is -4.70. The third-order valence-electron chi connectivity index (χ3n) is 3.06. The van der Waals surface area contributed by atoms with Gasteiger partial charge in [-0.1, -0.05) is 12.1 Å². The molecule has 0 saturated carbocycles. The van der Waals surface area contributed by atoms with E-state index >= 15 is 0 Å². The van der Waals surface area contributed by atoms with Gasteiger partial charge in [0.25, 0.3) is 0 Å². The minimum Gasteiger partial charge on any atom is -0.338 e. The first kappa shape index (κ1) is 18.3. The van der Waals surface area contributed by atoms with Crippen molar-refractivity contribution in [3.05, 3.63) is 41.3 Å². The van der Waals surface area contributed by atoms with E-state index in [1.165, 1.54) is 25.2 Å². The molecule has 0 unspecified atom stereocenters. The van der Waals surface area contributed by atoms with Crippen LogP contribution in [-0.2, 0) is 16.2 Å². The number of hydrogen-bond acceptors (Lipinski definition) is 5. The van der Waals surface area contributed by atoms with Crippen molar-refractivity contribution >= 4 is 38.8 Å². The molecule has 0 spiro atoms. The standard InChI is InChI=1S/C13H12ClF3N4O2S/c1-21(24(2,22)23)10-6-4-3-5-9(10)19-11-8(13(15,16)17)7-18-12(14)20-11/h3-7H,1-2H3,(H,18,19,20). The van der Waals surface area contributed by atoms with E-state index in [-0.39, 0.29) is 16.7 Å². The Morgan fingerprint density at radius 2 is 1.88 bits per heavy atom. The summed E-state index contributed by atoms with van der Waals surface area (Å²) in [6, 6.07) is 5.96. The maximum Gasteiger partial charge on any atom is 0.421 e. The largest absolute Gasteiger partial charge is 0.421 e. The van der Waals surface area contributed by atoms with Gasteiger partial charge in [0.2, 0.25) is 15.3 Å². The van der Waals surface area contributed by atoms with Gasteiger partial charge in [-0.2, -0.15) is 18.2 Å². The maximum absolute atomic E-state index is 13.1. The first-order valence-electron chi connectivity index (χ1n) is 6.40. The van der Waals surface area contributed by atoms with Gasteiger partial charge >= 0.3 is 6.18 Å². The van der Waals surface area contributed by atoms with E-state index in [9.17, 15) is 21.6 Å². The molecule has 130 valence electrons. The molecular formula is C13H12ClF3N4O2S. The number of nitrogens with one attached hydrogen (secondary N) is 1. The van der Waals surface area contributed by atoms with Crippen molar-refractivity contribution in [2.75, 3.05) is 22.9 Å². The van der Waals surface area contributed by atoms with Crippen molar-refractivity contribution in [1.29, 1.82) is 0 Å². The second kappa shape index (κ2) is 6.44. The number of para-hydroxylation sites is 2. The fraction of sp³-hybridized carbons (Fsp3) is 0.231. The molecule has 24 heavy (non-hydrogen) atoms. The van der Waals surface area contributed by atoms with E-state index in [1.807, 2.05) is 0 Å². The highest BCUT2D eigenvalue weighted by Crippen LogP contribution is 2.37. The molecule has 0 aliphatic rings. The van der Waals surface area contributed by atoms with Gasteiger partial charge in [-0.05, 0) is 23.7 Å². The maximum atomic E-state index is 13.1. The molecule has 6 nitrogen and oxygen atoms in total. The molecule has 0 amide bonds. The lowest BCUT2D eigenvalue weighted by molar-refractivity contribution is -0.137. The van der Waals surface area contributed by atoms with Gasteiger partial charge in [0.05, 0.1) is 17.6 Å². The Morgan fingerprint density at radius 1 is 1.25 bits per heavy atom. The van der Waals surface area contributed by atoms with Gasteiger partial charge in [-0.15, -0.1) is 0 Å². The second-order valence-corrected chi connectivity index (χ2v) is 7.12. The number of sulfonamides is 1. The summed E-state index contributed by atoms with van der Waals surface area (Å²) in [4.78, 5) is 6.89. The quantitative estimate of drug-likeness (QED) is 0.824. The van der Waals surface area contributed by atoms with E-state index in [1.54, 1.807) is 6.07 Å². The third kappa shape index (κ3) is 4.06. The number of anilines is 3. The number of benzene rings is 1. The van der Waals surface area contributed by atoms with Crippen LogP contribution in [0.1, 0.15) is 5.56 Å². The van der Waals surface area contributed by atoms with Crippen LogP contribution in [0.5, 0.6) is 0 Å². The molecule has 0 saturated heterocycles. The van der Waals surface area contributed by atoms with Crippen LogP contribution in [0.2, 0.25) is 5.28 Å². The Kier molecular flexibility index (Phi) is 4.90. The smallest absolute Gasteiger partial charge is 0.338 e. The molecule has 11 heteroatoms. The molecule has 2 aromatic rings. The van der Waals surface area contributed by atoms with E-state index in [0.717, 1.165) is 10.6 Å². The number of aromatic nitrogens is 2. The van der Waals surface area contributed by atoms with Gasteiger partial charge in [0.1, 0.15) is 11.4 Å². The Balaban J connectivity index is 2.53. The van der Waals surface area contributed by atoms with Crippen LogP contribution >= 0.6 is 11.6 Å². The van der Waals surface area contributed by atoms with Crippen LogP contribution in [0, 0.1) is 0 Å². The number of halogens is 4. The van der Waals surface area contributed by atoms with Crippen molar-refractivity contribution in [2.45, 2.75) is 6.18 Å². The average molecular weight is 381 g/mol. The summed E-state index contributed by atoms with van der Waals surface area (Å²) in [7, 11) is -2.32. The summed E-state index contributed by atoms with van der Waals surface area (Å²) < 4.78 is 63.5. The van der Waals surface area contributed by atoms with E-state index in [2.05, 4.69) is 15.3 Å². The molecule has 0 aliphatic carbocycles. The monoisotopic (exact) mass is 380 g/mol. The number of nitrogens with zero attached hydrogens (tertiary/aromatic N) is 3. The molecule has 0 atom stereocenters. The number of hydrogen-bond donors (Lipinski definition) is 1. The van der Waals surface area contributed by atoms with Crippen LogP contribution in [0.25, 0.3) is 0 Å². The van der Waals surface area contributed by atoms with Crippen LogP contribution < -0.4 is 9.62 Å². The van der Waals surface area contributed by atoms with Crippen LogP contribution in [0.4, 0.5) is 30.4 Å². The van der Waals surface area contributed by atoms with Crippen molar-refractivity contribution in [3.63, 3.8) is 0 Å². The lowest BCUT2D eigenvalue weighted by Gasteiger charge is -2.21. The minimum absolute atomic E-state index is 0.116. The first-order chi connectivity index (χ1) is 11.0. The summed E-state index contributed by atoms with van der Waals surface area (Å²) in [5.74, 6) is -0.572. The summed E-state index contributed by atoms with van der Waals surface area (Å²) in [5, 5.41) is 2.10. The third-order valence-corrected chi connectivity index (χ3v) is 4.43. The molecule has 0 bridgehead atoms. The molecule has 0 radical (unpaired) electrons. The molecule has 1 heterocycles. The van der Waals surface area contributed by atoms with E-state index < -0.39 is 27.6 Å². The molecule has 1 aromatic heterocycles. The Hall–Kier alpha value is -2.07. The molecule has 1 aromatic carbocycles. The molecule has 1 N–H and O–H groups in total. The van der Waals surface area contributed by atoms with Crippen LogP contribution in [-0.4, -0.2) is 31.7 Å². The van der Waals surface area contributed by atoms with Crippen LogP contribution in [0.3, 0.4) is 0 Å². The van der Waals surface area contributed by atoms with Gasteiger partial charge < -0.3 is 5.32 Å². The fourth-order valence-corrected chi connectivity index (χ4v) is 2.47. The lowest BCUT2D eigenvalue weighted by atomic mass is 10.2. The van der Waals surface area contributed by atoms with Gasteiger partial charge in [-0.3, -0.25) is 4.31 Å². The van der Waals surface area contributed by atoms with Crippen molar-refractivity contribution in [2.24, 2.45) is 0 Å². The fourth-order valence-electron chi connectivity index (χ4n) is 1.82. The zero-order valence-corrected chi connectivity index (χ0v) is 14.0. The first-order valence-corrected chi connectivity index (χ1v) is 8.62. The van der Waals surface area contributed by atoms with Gasteiger partial charge in [-0.25, -0.2) is 13.4 Å². The second-order valence-electron chi connectivity index (χ2n) is 4.77. The summed E-state index contributed by atoms with van der Waals surface area (Å²) in [6.07, 6.45) is -3.17. The SMILES string of the molecule is CN(c1ccccc1Nc1nc(Cl)ncc1C(F)(F)F)S(C)(=O)=O. The predicted octanol–water partition coefficient (Wildman–Crippen LogP) is 3.29. The highest BCUT2D eigenvalue weighted by Gasteiger charge is 2.35. The summed E-state index contributed by atoms with van der Waals surface area (Å²) >= 11 is 5.57. The Labute approximate surface area is 141 Å². The zero-order chi connectivity index (χ0) is 18.1. The summed E-state index contributed by atoms with van der Waals surface area (Å²) in [6.45, 7) is 0. The molecule has 2 rings (SSSR count). The number of rotatable bonds is 4. The average Bonchev–Trinajstić information content (AvgIpc) is 2.45. The predicted molar refractivity (Wildman–Crippen MR) is 85.0 cm³/mol. The summed E-state index contributed by atoms with van der Waals surface area (Å²) in [5.41, 5.74) is -0.850. The van der Waals surface area contributed by atoms with Gasteiger partial charge in [0, 0.05) is 13.2 Å². The van der Waals surface area contributed by atoms with Crippen molar-refractivity contribution in [1.82, 2.24) is 9.97 Å². The van der Waals surface area contributed by atoms with Gasteiger partial charge in [0.15, 0.2) is 0 Å². The molecule has 0 aliphatic heterocycles. The van der Waals surface area contributed by atoms with E-state index in [0.29, 0.717) is 6.20 Å². The highest BCUT2D eigenvalue weighted by molar-refractivity contribution is 7.92. The van der Waals surface area contributed by atoms with Crippen LogP contribution in [0.15, 0.2) is 30.5 Å². The zero-order valence-electron chi connectivity index (χ0n) is 12.5. The Bertz CT molecular complexity index is 859.